The summed E-state index contributed by atoms with van der Waals surface area (Å²) >= 11 is 0. The molecule has 0 saturated heterocycles. The zero-order chi connectivity index (χ0) is 13.0. The maximum atomic E-state index is 13.7. The molecule has 0 fully saturated rings. The number of aromatic nitrogens is 2. The molecule has 0 saturated carbocycles. The molecule has 1 aromatic carbocycles. The van der Waals surface area contributed by atoms with E-state index in [1.807, 2.05) is 7.05 Å². The minimum absolute atomic E-state index is 0.257. The lowest BCUT2D eigenvalue weighted by atomic mass is 10.1. The number of hydrogen-bond donors (Lipinski definition) is 2. The molecule has 0 aliphatic rings. The number of likely N-dealkylation sites (N-methyl/N-ethyl adjacent to an activating group) is 1. The van der Waals surface area contributed by atoms with Gasteiger partial charge >= 0.3 is 0 Å². The molecular formula is C13H17FN4. The molecule has 0 atom stereocenters. The average molecular weight is 248 g/mol. The van der Waals surface area contributed by atoms with Gasteiger partial charge in [0.05, 0.1) is 5.69 Å². The van der Waals surface area contributed by atoms with E-state index in [2.05, 4.69) is 15.1 Å². The van der Waals surface area contributed by atoms with Gasteiger partial charge in [0, 0.05) is 37.0 Å². The van der Waals surface area contributed by atoms with E-state index in [1.165, 1.54) is 6.07 Å². The van der Waals surface area contributed by atoms with Crippen molar-refractivity contribution in [2.24, 2.45) is 5.73 Å². The van der Waals surface area contributed by atoms with Crippen LogP contribution in [0.5, 0.6) is 0 Å². The van der Waals surface area contributed by atoms with Crippen molar-refractivity contribution in [3.05, 3.63) is 41.8 Å². The average Bonchev–Trinajstić information content (AvgIpc) is 2.78. The number of nitrogens with zero attached hydrogens (tertiary/aromatic N) is 2. The summed E-state index contributed by atoms with van der Waals surface area (Å²) in [5, 5.41) is 6.93. The quantitative estimate of drug-likeness (QED) is 0.845. The number of nitrogens with one attached hydrogen (secondary N) is 1. The third-order valence-electron chi connectivity index (χ3n) is 2.80. The first-order chi connectivity index (χ1) is 8.72. The van der Waals surface area contributed by atoms with Crippen molar-refractivity contribution in [1.82, 2.24) is 15.1 Å². The lowest BCUT2D eigenvalue weighted by molar-refractivity contribution is 0.337. The third kappa shape index (κ3) is 2.75. The van der Waals surface area contributed by atoms with Gasteiger partial charge in [0.25, 0.3) is 0 Å². The van der Waals surface area contributed by atoms with Crippen molar-refractivity contribution in [3.63, 3.8) is 0 Å². The molecule has 18 heavy (non-hydrogen) atoms. The molecule has 4 nitrogen and oxygen atoms in total. The third-order valence-corrected chi connectivity index (χ3v) is 2.80. The number of nitrogens with two attached hydrogens (primary N) is 1. The van der Waals surface area contributed by atoms with Gasteiger partial charge < -0.3 is 10.6 Å². The van der Waals surface area contributed by atoms with Gasteiger partial charge in [-0.05, 0) is 19.2 Å². The number of aromatic amines is 1. The van der Waals surface area contributed by atoms with Crippen LogP contribution < -0.4 is 5.73 Å². The van der Waals surface area contributed by atoms with E-state index in [0.717, 1.165) is 12.1 Å². The van der Waals surface area contributed by atoms with Gasteiger partial charge in [0.1, 0.15) is 5.82 Å². The molecule has 0 bridgehead atoms. The van der Waals surface area contributed by atoms with Gasteiger partial charge in [0.15, 0.2) is 0 Å². The molecule has 2 aromatic rings. The highest BCUT2D eigenvalue weighted by molar-refractivity contribution is 5.63. The Balaban J connectivity index is 2.25. The number of H-pyrrole nitrogens is 1. The normalized spacial score (nSPS) is 11.1. The fraction of sp³-hybridized carbons (Fsp3) is 0.308. The zero-order valence-electron chi connectivity index (χ0n) is 10.4. The largest absolute Gasteiger partial charge is 0.329 e. The first kappa shape index (κ1) is 12.7. The van der Waals surface area contributed by atoms with Gasteiger partial charge in [-0.3, -0.25) is 5.10 Å². The Kier molecular flexibility index (Phi) is 4.07. The van der Waals surface area contributed by atoms with E-state index in [0.29, 0.717) is 24.3 Å². The molecule has 3 N–H and O–H groups in total. The Morgan fingerprint density at radius 3 is 2.89 bits per heavy atom. The highest BCUT2D eigenvalue weighted by Crippen LogP contribution is 2.24. The number of hydrogen-bond acceptors (Lipinski definition) is 3. The fourth-order valence-electron chi connectivity index (χ4n) is 1.91. The molecule has 5 heteroatoms. The van der Waals surface area contributed by atoms with Gasteiger partial charge in [-0.2, -0.15) is 5.10 Å². The zero-order valence-corrected chi connectivity index (χ0v) is 10.4. The number of benzene rings is 1. The molecule has 0 spiro atoms. The molecule has 0 unspecified atom stereocenters. The fourth-order valence-corrected chi connectivity index (χ4v) is 1.91. The monoisotopic (exact) mass is 248 g/mol. The van der Waals surface area contributed by atoms with Gasteiger partial charge in [-0.15, -0.1) is 0 Å². The second-order valence-corrected chi connectivity index (χ2v) is 4.27. The minimum atomic E-state index is -0.257. The lowest BCUT2D eigenvalue weighted by Crippen LogP contribution is -2.25. The van der Waals surface area contributed by atoms with Gasteiger partial charge in [-0.25, -0.2) is 4.39 Å². The van der Waals surface area contributed by atoms with Crippen LogP contribution in [0.15, 0.2) is 30.5 Å². The van der Waals surface area contributed by atoms with E-state index < -0.39 is 0 Å². The van der Waals surface area contributed by atoms with E-state index in [1.54, 1.807) is 24.4 Å². The van der Waals surface area contributed by atoms with Crippen LogP contribution in [-0.2, 0) is 6.54 Å². The Bertz CT molecular complexity index is 509. The predicted molar refractivity (Wildman–Crippen MR) is 69.4 cm³/mol. The van der Waals surface area contributed by atoms with Crippen LogP contribution in [0.4, 0.5) is 4.39 Å². The molecule has 1 heterocycles. The highest BCUT2D eigenvalue weighted by Gasteiger charge is 2.13. The Labute approximate surface area is 106 Å². The van der Waals surface area contributed by atoms with Crippen molar-refractivity contribution in [2.75, 3.05) is 20.1 Å². The van der Waals surface area contributed by atoms with E-state index in [-0.39, 0.29) is 5.82 Å². The van der Waals surface area contributed by atoms with Crippen LogP contribution in [0.2, 0.25) is 0 Å². The van der Waals surface area contributed by atoms with Crippen LogP contribution in [0.3, 0.4) is 0 Å². The second kappa shape index (κ2) is 5.75. The topological polar surface area (TPSA) is 57.9 Å². The smallest absolute Gasteiger partial charge is 0.132 e. The van der Waals surface area contributed by atoms with E-state index >= 15 is 0 Å². The van der Waals surface area contributed by atoms with Crippen molar-refractivity contribution in [2.45, 2.75) is 6.54 Å². The predicted octanol–water partition coefficient (Wildman–Crippen LogP) is 1.61. The molecule has 0 amide bonds. The maximum Gasteiger partial charge on any atom is 0.132 e. The number of rotatable bonds is 5. The summed E-state index contributed by atoms with van der Waals surface area (Å²) in [5.41, 5.74) is 7.66. The Hall–Kier alpha value is -1.72. The Morgan fingerprint density at radius 2 is 2.17 bits per heavy atom. The lowest BCUT2D eigenvalue weighted by Gasteiger charge is -2.15. The summed E-state index contributed by atoms with van der Waals surface area (Å²) in [4.78, 5) is 2.08. The van der Waals surface area contributed by atoms with Crippen LogP contribution in [-0.4, -0.2) is 35.2 Å². The minimum Gasteiger partial charge on any atom is -0.329 e. The number of halogens is 1. The highest BCUT2D eigenvalue weighted by atomic mass is 19.1. The van der Waals surface area contributed by atoms with Crippen LogP contribution in [0.25, 0.3) is 11.3 Å². The maximum absolute atomic E-state index is 13.7. The van der Waals surface area contributed by atoms with E-state index in [4.69, 9.17) is 5.73 Å². The van der Waals surface area contributed by atoms with Gasteiger partial charge in [0.2, 0.25) is 0 Å². The SMILES string of the molecule is CN(CCN)Cc1c[nH]nc1-c1ccccc1F. The molecule has 96 valence electrons. The van der Waals surface area contributed by atoms with Crippen LogP contribution >= 0.6 is 0 Å². The van der Waals surface area contributed by atoms with Crippen molar-refractivity contribution in [1.29, 1.82) is 0 Å². The molecular weight excluding hydrogens is 231 g/mol. The summed E-state index contributed by atoms with van der Waals surface area (Å²) in [6.45, 7) is 2.09. The summed E-state index contributed by atoms with van der Waals surface area (Å²) < 4.78 is 13.7. The Morgan fingerprint density at radius 1 is 1.39 bits per heavy atom. The summed E-state index contributed by atoms with van der Waals surface area (Å²) in [5.74, 6) is -0.257. The first-order valence-corrected chi connectivity index (χ1v) is 5.88. The standard InChI is InChI=1S/C13H17FN4/c1-18(7-6-15)9-10-8-16-17-13(10)11-4-2-3-5-12(11)14/h2-5,8H,6-7,9,15H2,1H3,(H,16,17). The summed E-state index contributed by atoms with van der Waals surface area (Å²) in [6.07, 6.45) is 1.80. The van der Waals surface area contributed by atoms with E-state index in [9.17, 15) is 4.39 Å². The van der Waals surface area contributed by atoms with Crippen LogP contribution in [0, 0.1) is 5.82 Å². The molecule has 1 aromatic heterocycles. The molecule has 0 aliphatic carbocycles. The second-order valence-electron chi connectivity index (χ2n) is 4.27. The molecule has 0 aliphatic heterocycles. The summed E-state index contributed by atoms with van der Waals surface area (Å²) in [6, 6.07) is 6.65. The van der Waals surface area contributed by atoms with Crippen LogP contribution in [0.1, 0.15) is 5.56 Å². The molecule has 2 rings (SSSR count). The van der Waals surface area contributed by atoms with Crippen molar-refractivity contribution in [3.8, 4) is 11.3 Å². The first-order valence-electron chi connectivity index (χ1n) is 5.88. The van der Waals surface area contributed by atoms with Crippen molar-refractivity contribution < 1.29 is 4.39 Å². The molecule has 0 radical (unpaired) electrons. The van der Waals surface area contributed by atoms with Crippen molar-refractivity contribution >= 4 is 0 Å². The van der Waals surface area contributed by atoms with Gasteiger partial charge in [-0.1, -0.05) is 12.1 Å². The summed E-state index contributed by atoms with van der Waals surface area (Å²) in [7, 11) is 1.98.